The van der Waals surface area contributed by atoms with Crippen molar-refractivity contribution in [2.75, 3.05) is 13.2 Å². The van der Waals surface area contributed by atoms with Gasteiger partial charge in [-0.2, -0.15) is 13.2 Å². The molecular weight excluding hydrogens is 271 g/mol. The second-order valence-electron chi connectivity index (χ2n) is 5.33. The maximum Gasteiger partial charge on any atom is 0.416 e. The average Bonchev–Trinajstić information content (AvgIpc) is 2.32. The van der Waals surface area contributed by atoms with Crippen molar-refractivity contribution in [1.29, 1.82) is 0 Å². The Morgan fingerprint density at radius 2 is 1.75 bits per heavy atom. The van der Waals surface area contributed by atoms with E-state index in [0.717, 1.165) is 12.1 Å². The molecule has 0 aliphatic heterocycles. The van der Waals surface area contributed by atoms with E-state index < -0.39 is 11.7 Å². The molecule has 0 radical (unpaired) electrons. The molecule has 0 aliphatic carbocycles. The molecule has 0 spiro atoms. The number of nitrogens with two attached hydrogens (primary N) is 1. The van der Waals surface area contributed by atoms with Crippen LogP contribution in [0.5, 0.6) is 5.75 Å². The molecule has 0 aliphatic rings. The molecule has 0 saturated heterocycles. The molecule has 6 heteroatoms. The van der Waals surface area contributed by atoms with Gasteiger partial charge in [0.05, 0.1) is 17.8 Å². The van der Waals surface area contributed by atoms with E-state index in [0.29, 0.717) is 17.9 Å². The highest BCUT2D eigenvalue weighted by Crippen LogP contribution is 2.32. The van der Waals surface area contributed by atoms with Gasteiger partial charge >= 0.3 is 6.18 Å². The highest BCUT2D eigenvalue weighted by molar-refractivity contribution is 5.38. The number of halogens is 3. The van der Waals surface area contributed by atoms with E-state index in [9.17, 15) is 13.2 Å². The van der Waals surface area contributed by atoms with Gasteiger partial charge in [-0.1, -0.05) is 0 Å². The standard InChI is InChI=1S/C14H20F3NO2/c1-13(2,3)20-7-6-19-12-5-4-11(14(15,16)17)8-10(12)9-18/h4-5,8H,6-7,9,18H2,1-3H3. The van der Waals surface area contributed by atoms with Crippen LogP contribution in [-0.2, 0) is 17.5 Å². The van der Waals surface area contributed by atoms with E-state index in [2.05, 4.69) is 0 Å². The Bertz CT molecular complexity index is 439. The third kappa shape index (κ3) is 5.38. The van der Waals surface area contributed by atoms with Gasteiger partial charge in [-0.3, -0.25) is 0 Å². The first kappa shape index (κ1) is 16.8. The van der Waals surface area contributed by atoms with Crippen molar-refractivity contribution in [2.45, 2.75) is 39.1 Å². The van der Waals surface area contributed by atoms with Gasteiger partial charge in [0, 0.05) is 12.1 Å². The first-order valence-corrected chi connectivity index (χ1v) is 6.30. The molecule has 0 saturated carbocycles. The fourth-order valence-corrected chi connectivity index (χ4v) is 1.56. The van der Waals surface area contributed by atoms with Crippen molar-refractivity contribution in [3.05, 3.63) is 29.3 Å². The number of alkyl halides is 3. The molecule has 0 atom stereocenters. The van der Waals surface area contributed by atoms with Gasteiger partial charge in [0.25, 0.3) is 0 Å². The number of ether oxygens (including phenoxy) is 2. The van der Waals surface area contributed by atoms with Crippen molar-refractivity contribution in [3.8, 4) is 5.75 Å². The van der Waals surface area contributed by atoms with Crippen LogP contribution < -0.4 is 10.5 Å². The summed E-state index contributed by atoms with van der Waals surface area (Å²) in [5.74, 6) is 0.359. The van der Waals surface area contributed by atoms with Gasteiger partial charge in [-0.25, -0.2) is 0 Å². The summed E-state index contributed by atoms with van der Waals surface area (Å²) in [6.45, 7) is 6.34. The molecule has 2 N–H and O–H groups in total. The maximum absolute atomic E-state index is 12.6. The zero-order valence-corrected chi connectivity index (χ0v) is 11.9. The van der Waals surface area contributed by atoms with Crippen LogP contribution in [0.4, 0.5) is 13.2 Å². The SMILES string of the molecule is CC(C)(C)OCCOc1ccc(C(F)(F)F)cc1CN. The van der Waals surface area contributed by atoms with Crippen LogP contribution in [0.25, 0.3) is 0 Å². The first-order chi connectivity index (χ1) is 9.13. The Morgan fingerprint density at radius 3 is 2.25 bits per heavy atom. The van der Waals surface area contributed by atoms with Crippen LogP contribution in [0.2, 0.25) is 0 Å². The third-order valence-corrected chi connectivity index (χ3v) is 2.48. The lowest BCUT2D eigenvalue weighted by Crippen LogP contribution is -2.22. The van der Waals surface area contributed by atoms with Crippen molar-refractivity contribution in [2.24, 2.45) is 5.73 Å². The number of benzene rings is 1. The van der Waals surface area contributed by atoms with Crippen molar-refractivity contribution >= 4 is 0 Å². The Morgan fingerprint density at radius 1 is 1.10 bits per heavy atom. The van der Waals surface area contributed by atoms with Gasteiger partial charge in [-0.15, -0.1) is 0 Å². The van der Waals surface area contributed by atoms with Gasteiger partial charge in [0.15, 0.2) is 0 Å². The van der Waals surface area contributed by atoms with Gasteiger partial charge in [-0.05, 0) is 39.0 Å². The Hall–Kier alpha value is -1.27. The summed E-state index contributed by atoms with van der Waals surface area (Å²) in [6, 6.07) is 3.29. The van der Waals surface area contributed by atoms with E-state index >= 15 is 0 Å². The average molecular weight is 291 g/mol. The number of hydrogen-bond donors (Lipinski definition) is 1. The van der Waals surface area contributed by atoms with E-state index in [1.807, 2.05) is 20.8 Å². The Balaban J connectivity index is 2.67. The highest BCUT2D eigenvalue weighted by Gasteiger charge is 2.31. The highest BCUT2D eigenvalue weighted by atomic mass is 19.4. The molecule has 0 aromatic heterocycles. The molecular formula is C14H20F3NO2. The smallest absolute Gasteiger partial charge is 0.416 e. The molecule has 0 unspecified atom stereocenters. The molecule has 0 heterocycles. The molecule has 1 rings (SSSR count). The minimum absolute atomic E-state index is 0.0145. The van der Waals surface area contributed by atoms with Gasteiger partial charge in [0.2, 0.25) is 0 Å². The lowest BCUT2D eigenvalue weighted by molar-refractivity contribution is -0.137. The lowest BCUT2D eigenvalue weighted by atomic mass is 10.1. The maximum atomic E-state index is 12.6. The van der Waals surface area contributed by atoms with Crippen LogP contribution >= 0.6 is 0 Å². The second-order valence-corrected chi connectivity index (χ2v) is 5.33. The monoisotopic (exact) mass is 291 g/mol. The second kappa shape index (κ2) is 6.45. The number of hydrogen-bond acceptors (Lipinski definition) is 3. The molecule has 0 fully saturated rings. The van der Waals surface area contributed by atoms with E-state index in [4.69, 9.17) is 15.2 Å². The topological polar surface area (TPSA) is 44.5 Å². The van der Waals surface area contributed by atoms with Crippen LogP contribution in [-0.4, -0.2) is 18.8 Å². The Kier molecular flexibility index (Phi) is 5.42. The molecule has 114 valence electrons. The van der Waals surface area contributed by atoms with Crippen LogP contribution in [0.3, 0.4) is 0 Å². The van der Waals surface area contributed by atoms with Crippen molar-refractivity contribution in [3.63, 3.8) is 0 Å². The van der Waals surface area contributed by atoms with Gasteiger partial charge in [0.1, 0.15) is 12.4 Å². The number of rotatable bonds is 5. The van der Waals surface area contributed by atoms with E-state index in [1.165, 1.54) is 6.07 Å². The molecule has 20 heavy (non-hydrogen) atoms. The van der Waals surface area contributed by atoms with Crippen LogP contribution in [0.15, 0.2) is 18.2 Å². The van der Waals surface area contributed by atoms with Crippen LogP contribution in [0, 0.1) is 0 Å². The third-order valence-electron chi connectivity index (χ3n) is 2.48. The predicted molar refractivity (Wildman–Crippen MR) is 70.5 cm³/mol. The zero-order chi connectivity index (χ0) is 15.4. The quantitative estimate of drug-likeness (QED) is 0.846. The summed E-state index contributed by atoms with van der Waals surface area (Å²) in [5.41, 5.74) is 4.78. The molecule has 0 amide bonds. The zero-order valence-electron chi connectivity index (χ0n) is 11.9. The van der Waals surface area contributed by atoms with Crippen molar-refractivity contribution in [1.82, 2.24) is 0 Å². The summed E-state index contributed by atoms with van der Waals surface area (Å²) >= 11 is 0. The fourth-order valence-electron chi connectivity index (χ4n) is 1.56. The summed E-state index contributed by atoms with van der Waals surface area (Å²) in [5, 5.41) is 0. The summed E-state index contributed by atoms with van der Waals surface area (Å²) in [6.07, 6.45) is -4.38. The van der Waals surface area contributed by atoms with Gasteiger partial charge < -0.3 is 15.2 Å². The van der Waals surface area contributed by atoms with E-state index in [1.54, 1.807) is 0 Å². The largest absolute Gasteiger partial charge is 0.491 e. The Labute approximate surface area is 116 Å². The first-order valence-electron chi connectivity index (χ1n) is 6.30. The van der Waals surface area contributed by atoms with Crippen LogP contribution in [0.1, 0.15) is 31.9 Å². The normalized spacial score (nSPS) is 12.6. The molecule has 3 nitrogen and oxygen atoms in total. The summed E-state index contributed by atoms with van der Waals surface area (Å²) in [7, 11) is 0. The molecule has 1 aromatic rings. The fraction of sp³-hybridized carbons (Fsp3) is 0.571. The lowest BCUT2D eigenvalue weighted by Gasteiger charge is -2.20. The minimum atomic E-state index is -4.38. The predicted octanol–water partition coefficient (Wildman–Crippen LogP) is 3.36. The summed E-state index contributed by atoms with van der Waals surface area (Å²) in [4.78, 5) is 0. The van der Waals surface area contributed by atoms with E-state index in [-0.39, 0.29) is 18.8 Å². The minimum Gasteiger partial charge on any atom is -0.491 e. The molecule has 1 aromatic carbocycles. The summed E-state index contributed by atoms with van der Waals surface area (Å²) < 4.78 is 48.6. The van der Waals surface area contributed by atoms with Crippen molar-refractivity contribution < 1.29 is 22.6 Å². The molecule has 0 bridgehead atoms.